The molecule has 4 aliphatic rings. The van der Waals surface area contributed by atoms with Gasteiger partial charge in [-0.05, 0) is 68.1 Å². The lowest BCUT2D eigenvalue weighted by Gasteiger charge is -2.48. The number of aliphatic hydroxyl groups is 2. The van der Waals surface area contributed by atoms with Gasteiger partial charge in [-0.2, -0.15) is 0 Å². The Labute approximate surface area is 151 Å². The molecule has 0 aromatic carbocycles. The Balaban J connectivity index is 1.55. The van der Waals surface area contributed by atoms with Crippen LogP contribution in [-0.2, 0) is 9.47 Å². The predicted octanol–water partition coefficient (Wildman–Crippen LogP) is 3.27. The highest BCUT2D eigenvalue weighted by molar-refractivity contribution is 5.22. The van der Waals surface area contributed by atoms with E-state index in [9.17, 15) is 10.2 Å². The van der Waals surface area contributed by atoms with E-state index >= 15 is 0 Å². The lowest BCUT2D eigenvalue weighted by molar-refractivity contribution is -0.0798. The van der Waals surface area contributed by atoms with Crippen molar-refractivity contribution >= 4 is 0 Å². The Morgan fingerprint density at radius 1 is 1.20 bits per heavy atom. The van der Waals surface area contributed by atoms with Crippen molar-refractivity contribution in [2.45, 2.75) is 76.1 Å². The van der Waals surface area contributed by atoms with Crippen LogP contribution in [0.3, 0.4) is 0 Å². The predicted molar refractivity (Wildman–Crippen MR) is 95.8 cm³/mol. The standard InChI is InChI=1S/C21H34O4/c1-13-15-6-8-20(2)17(4-5-19(20)22)16(15)7-9-21(23)11-14(10-18(13)21)25-12-24-3/h14-19,22-23H,1,4-12H2,2-3H3/t14-,15+,16+,17-,18-,19-,20-,21+/m0/s1. The van der Waals surface area contributed by atoms with Gasteiger partial charge in [-0.25, -0.2) is 0 Å². The van der Waals surface area contributed by atoms with E-state index in [2.05, 4.69) is 13.5 Å². The Hall–Kier alpha value is -0.420. The zero-order valence-electron chi connectivity index (χ0n) is 15.7. The van der Waals surface area contributed by atoms with Gasteiger partial charge in [-0.15, -0.1) is 0 Å². The third kappa shape index (κ3) is 2.72. The third-order valence-electron chi connectivity index (χ3n) is 8.37. The fraction of sp³-hybridized carbons (Fsp3) is 0.905. The van der Waals surface area contributed by atoms with E-state index in [1.54, 1.807) is 7.11 Å². The molecule has 4 saturated carbocycles. The minimum absolute atomic E-state index is 0.0745. The van der Waals surface area contributed by atoms with Crippen LogP contribution in [0.4, 0.5) is 0 Å². The molecule has 4 nitrogen and oxygen atoms in total. The second-order valence-corrected chi connectivity index (χ2v) is 9.42. The molecule has 0 amide bonds. The van der Waals surface area contributed by atoms with E-state index in [0.29, 0.717) is 31.0 Å². The first-order valence-electron chi connectivity index (χ1n) is 10.1. The highest BCUT2D eigenvalue weighted by Gasteiger charge is 2.58. The molecule has 0 aliphatic heterocycles. The molecule has 2 N–H and O–H groups in total. The molecule has 0 heterocycles. The second-order valence-electron chi connectivity index (χ2n) is 9.42. The van der Waals surface area contributed by atoms with E-state index in [4.69, 9.17) is 9.47 Å². The summed E-state index contributed by atoms with van der Waals surface area (Å²) in [6, 6.07) is 0. The lowest BCUT2D eigenvalue weighted by Crippen LogP contribution is -2.43. The maximum Gasteiger partial charge on any atom is 0.146 e. The van der Waals surface area contributed by atoms with Crippen LogP contribution in [0.15, 0.2) is 12.2 Å². The van der Waals surface area contributed by atoms with Crippen LogP contribution >= 0.6 is 0 Å². The van der Waals surface area contributed by atoms with Crippen LogP contribution in [0.5, 0.6) is 0 Å². The number of rotatable bonds is 3. The number of hydrogen-bond donors (Lipinski definition) is 2. The molecule has 0 saturated heterocycles. The van der Waals surface area contributed by atoms with Crippen molar-refractivity contribution in [1.82, 2.24) is 0 Å². The maximum absolute atomic E-state index is 11.4. The number of ether oxygens (including phenoxy) is 2. The van der Waals surface area contributed by atoms with Gasteiger partial charge < -0.3 is 19.7 Å². The minimum Gasteiger partial charge on any atom is -0.393 e. The SMILES string of the molecule is C=C1[C@H]2CC[C@]3(C)[C@@H](O)CC[C@H]3[C@@H]2CC[C@@]2(O)C[C@@H](OCOC)C[C@@H]12. The van der Waals surface area contributed by atoms with Gasteiger partial charge in [-0.3, -0.25) is 0 Å². The average molecular weight is 350 g/mol. The van der Waals surface area contributed by atoms with Crippen molar-refractivity contribution in [3.63, 3.8) is 0 Å². The van der Waals surface area contributed by atoms with Gasteiger partial charge in [0.25, 0.3) is 0 Å². The molecule has 4 fully saturated rings. The van der Waals surface area contributed by atoms with Crippen LogP contribution in [-0.4, -0.2) is 41.9 Å². The van der Waals surface area contributed by atoms with Crippen LogP contribution < -0.4 is 0 Å². The van der Waals surface area contributed by atoms with Gasteiger partial charge in [0.05, 0.1) is 17.8 Å². The minimum atomic E-state index is -0.666. The Morgan fingerprint density at radius 2 is 2.00 bits per heavy atom. The largest absolute Gasteiger partial charge is 0.393 e. The van der Waals surface area contributed by atoms with Gasteiger partial charge in [0.15, 0.2) is 0 Å². The van der Waals surface area contributed by atoms with Crippen molar-refractivity contribution in [2.24, 2.45) is 29.1 Å². The first-order valence-corrected chi connectivity index (χ1v) is 10.1. The second kappa shape index (κ2) is 6.33. The molecule has 0 radical (unpaired) electrons. The fourth-order valence-corrected chi connectivity index (χ4v) is 6.96. The fourth-order valence-electron chi connectivity index (χ4n) is 6.96. The molecule has 0 spiro atoms. The van der Waals surface area contributed by atoms with Gasteiger partial charge in [-0.1, -0.05) is 19.1 Å². The zero-order valence-corrected chi connectivity index (χ0v) is 15.7. The van der Waals surface area contributed by atoms with Gasteiger partial charge in [0.2, 0.25) is 0 Å². The number of aliphatic hydroxyl groups excluding tert-OH is 1. The zero-order chi connectivity index (χ0) is 17.8. The normalized spacial score (nSPS) is 52.4. The third-order valence-corrected chi connectivity index (χ3v) is 8.37. The van der Waals surface area contributed by atoms with E-state index in [0.717, 1.165) is 44.9 Å². The van der Waals surface area contributed by atoms with Crippen molar-refractivity contribution in [3.8, 4) is 0 Å². The van der Waals surface area contributed by atoms with Crippen molar-refractivity contribution in [2.75, 3.05) is 13.9 Å². The van der Waals surface area contributed by atoms with E-state index in [-0.39, 0.29) is 23.5 Å². The molecule has 0 unspecified atom stereocenters. The van der Waals surface area contributed by atoms with Crippen LogP contribution in [0.25, 0.3) is 0 Å². The van der Waals surface area contributed by atoms with Crippen LogP contribution in [0.1, 0.15) is 58.3 Å². The summed E-state index contributed by atoms with van der Waals surface area (Å²) in [5, 5.41) is 21.9. The van der Waals surface area contributed by atoms with Gasteiger partial charge in [0, 0.05) is 19.4 Å². The molecule has 142 valence electrons. The highest BCUT2D eigenvalue weighted by atomic mass is 16.7. The molecule has 0 aromatic rings. The Morgan fingerprint density at radius 3 is 2.76 bits per heavy atom. The molecule has 4 heteroatoms. The quantitative estimate of drug-likeness (QED) is 0.606. The highest BCUT2D eigenvalue weighted by Crippen LogP contribution is 2.62. The van der Waals surface area contributed by atoms with Crippen LogP contribution in [0.2, 0.25) is 0 Å². The Kier molecular flexibility index (Phi) is 4.55. The number of methoxy groups -OCH3 is 1. The molecular weight excluding hydrogens is 316 g/mol. The van der Waals surface area contributed by atoms with Gasteiger partial charge >= 0.3 is 0 Å². The lowest BCUT2D eigenvalue weighted by atomic mass is 9.57. The summed E-state index contributed by atoms with van der Waals surface area (Å²) in [6.45, 7) is 7.10. The molecule has 4 rings (SSSR count). The first-order chi connectivity index (χ1) is 11.9. The summed E-state index contributed by atoms with van der Waals surface area (Å²) in [6.07, 6.45) is 7.67. The number of fused-ring (bicyclic) bond motifs is 4. The van der Waals surface area contributed by atoms with E-state index in [1.807, 2.05) is 0 Å². The van der Waals surface area contributed by atoms with Gasteiger partial charge in [0.1, 0.15) is 6.79 Å². The van der Waals surface area contributed by atoms with E-state index in [1.165, 1.54) is 5.57 Å². The van der Waals surface area contributed by atoms with E-state index < -0.39 is 5.60 Å². The summed E-state index contributed by atoms with van der Waals surface area (Å²) in [5.41, 5.74) is 0.672. The van der Waals surface area contributed by atoms with Crippen molar-refractivity contribution in [3.05, 3.63) is 12.2 Å². The molecule has 0 aromatic heterocycles. The maximum atomic E-state index is 11.4. The van der Waals surface area contributed by atoms with Crippen molar-refractivity contribution in [1.29, 1.82) is 0 Å². The summed E-state index contributed by atoms with van der Waals surface area (Å²) in [7, 11) is 1.64. The summed E-state index contributed by atoms with van der Waals surface area (Å²) in [5.74, 6) is 1.82. The monoisotopic (exact) mass is 350 g/mol. The molecule has 8 atom stereocenters. The molecule has 25 heavy (non-hydrogen) atoms. The Bertz CT molecular complexity index is 534. The smallest absolute Gasteiger partial charge is 0.146 e. The molecule has 0 bridgehead atoms. The topological polar surface area (TPSA) is 58.9 Å². The molecular formula is C21H34O4. The van der Waals surface area contributed by atoms with Crippen LogP contribution in [0, 0.1) is 29.1 Å². The summed E-state index contributed by atoms with van der Waals surface area (Å²) >= 11 is 0. The summed E-state index contributed by atoms with van der Waals surface area (Å²) < 4.78 is 10.8. The molecule has 4 aliphatic carbocycles. The van der Waals surface area contributed by atoms with Crippen molar-refractivity contribution < 1.29 is 19.7 Å². The average Bonchev–Trinajstić information content (AvgIpc) is 3.05. The first kappa shape index (κ1) is 18.0. The summed E-state index contributed by atoms with van der Waals surface area (Å²) in [4.78, 5) is 0. The number of hydrogen-bond acceptors (Lipinski definition) is 4.